The molecule has 1 aromatic carbocycles. The van der Waals surface area contributed by atoms with E-state index in [1.807, 2.05) is 25.1 Å². The van der Waals surface area contributed by atoms with Crippen LogP contribution in [0, 0.1) is 6.92 Å². The van der Waals surface area contributed by atoms with Gasteiger partial charge in [-0.05, 0) is 62.8 Å². The molecule has 21 heavy (non-hydrogen) atoms. The van der Waals surface area contributed by atoms with E-state index in [4.69, 9.17) is 11.6 Å². The summed E-state index contributed by atoms with van der Waals surface area (Å²) < 4.78 is 0. The molecule has 0 fully saturated rings. The van der Waals surface area contributed by atoms with Crippen molar-refractivity contribution in [2.45, 2.75) is 39.0 Å². The van der Waals surface area contributed by atoms with Gasteiger partial charge in [0, 0.05) is 17.3 Å². The van der Waals surface area contributed by atoms with Crippen LogP contribution in [0.2, 0.25) is 5.02 Å². The van der Waals surface area contributed by atoms with Gasteiger partial charge in [0.1, 0.15) is 0 Å². The van der Waals surface area contributed by atoms with E-state index in [-0.39, 0.29) is 5.91 Å². The van der Waals surface area contributed by atoms with Crippen LogP contribution in [-0.2, 0) is 4.79 Å². The minimum atomic E-state index is 0.0285. The van der Waals surface area contributed by atoms with Crippen LogP contribution in [0.4, 0.5) is 5.69 Å². The van der Waals surface area contributed by atoms with E-state index in [1.54, 1.807) is 0 Å². The Morgan fingerprint density at radius 1 is 1.33 bits per heavy atom. The molecule has 4 heteroatoms. The van der Waals surface area contributed by atoms with E-state index in [0.717, 1.165) is 24.2 Å². The van der Waals surface area contributed by atoms with Crippen LogP contribution >= 0.6 is 11.6 Å². The Kier molecular flexibility index (Phi) is 6.12. The molecule has 0 aliphatic heterocycles. The minimum absolute atomic E-state index is 0.0285. The average molecular weight is 307 g/mol. The van der Waals surface area contributed by atoms with E-state index in [0.29, 0.717) is 11.6 Å². The molecule has 0 aromatic heterocycles. The van der Waals surface area contributed by atoms with Crippen LogP contribution in [-0.4, -0.2) is 19.0 Å². The Morgan fingerprint density at radius 2 is 2.19 bits per heavy atom. The lowest BCUT2D eigenvalue weighted by molar-refractivity contribution is -0.119. The lowest BCUT2D eigenvalue weighted by atomic mass is 9.97. The number of aryl methyl sites for hydroxylation is 1. The number of anilines is 1. The van der Waals surface area contributed by atoms with Gasteiger partial charge in [0.15, 0.2) is 0 Å². The second-order valence-corrected chi connectivity index (χ2v) is 5.96. The van der Waals surface area contributed by atoms with Gasteiger partial charge >= 0.3 is 0 Å². The first-order chi connectivity index (χ1) is 10.1. The maximum atomic E-state index is 11.8. The molecule has 1 aliphatic rings. The third kappa shape index (κ3) is 5.43. The number of rotatable bonds is 6. The molecule has 114 valence electrons. The molecule has 0 spiro atoms. The zero-order valence-corrected chi connectivity index (χ0v) is 13.3. The number of halogens is 1. The molecule has 0 bridgehead atoms. The summed E-state index contributed by atoms with van der Waals surface area (Å²) in [5, 5.41) is 6.82. The van der Waals surface area contributed by atoms with Crippen LogP contribution in [0.15, 0.2) is 29.8 Å². The first-order valence-corrected chi connectivity index (χ1v) is 7.97. The van der Waals surface area contributed by atoms with Gasteiger partial charge in [-0.25, -0.2) is 0 Å². The molecular formula is C17H23ClN2O. The van der Waals surface area contributed by atoms with Gasteiger partial charge < -0.3 is 10.6 Å². The largest absolute Gasteiger partial charge is 0.376 e. The van der Waals surface area contributed by atoms with Crippen LogP contribution in [0.25, 0.3) is 0 Å². The van der Waals surface area contributed by atoms with E-state index in [9.17, 15) is 4.79 Å². The SMILES string of the molecule is Cc1cc(Cl)ccc1NCC(=O)NCCC1=CCCCC1. The summed E-state index contributed by atoms with van der Waals surface area (Å²) in [6, 6.07) is 5.61. The molecule has 3 nitrogen and oxygen atoms in total. The van der Waals surface area contributed by atoms with Gasteiger partial charge in [0.05, 0.1) is 6.54 Å². The smallest absolute Gasteiger partial charge is 0.239 e. The van der Waals surface area contributed by atoms with Crippen molar-refractivity contribution in [2.24, 2.45) is 0 Å². The quantitative estimate of drug-likeness (QED) is 0.778. The maximum Gasteiger partial charge on any atom is 0.239 e. The Morgan fingerprint density at radius 3 is 2.90 bits per heavy atom. The van der Waals surface area contributed by atoms with Crippen LogP contribution in [0.3, 0.4) is 0 Å². The first kappa shape index (κ1) is 15.9. The number of hydrogen-bond acceptors (Lipinski definition) is 2. The van der Waals surface area contributed by atoms with Crippen molar-refractivity contribution in [3.05, 3.63) is 40.4 Å². The second kappa shape index (κ2) is 8.08. The van der Waals surface area contributed by atoms with Crippen molar-refractivity contribution in [2.75, 3.05) is 18.4 Å². The highest BCUT2D eigenvalue weighted by Crippen LogP contribution is 2.20. The van der Waals surface area contributed by atoms with Crippen molar-refractivity contribution < 1.29 is 4.79 Å². The van der Waals surface area contributed by atoms with Gasteiger partial charge in [-0.1, -0.05) is 23.3 Å². The molecule has 0 saturated carbocycles. The monoisotopic (exact) mass is 306 g/mol. The minimum Gasteiger partial charge on any atom is -0.376 e. The number of amides is 1. The number of carbonyl (C=O) groups excluding carboxylic acids is 1. The summed E-state index contributed by atoms with van der Waals surface area (Å²) in [4.78, 5) is 11.8. The van der Waals surface area contributed by atoms with Crippen LogP contribution in [0.5, 0.6) is 0 Å². The molecule has 0 atom stereocenters. The van der Waals surface area contributed by atoms with E-state index < -0.39 is 0 Å². The molecule has 0 unspecified atom stereocenters. The average Bonchev–Trinajstić information content (AvgIpc) is 2.47. The van der Waals surface area contributed by atoms with Crippen molar-refractivity contribution in [1.29, 1.82) is 0 Å². The lowest BCUT2D eigenvalue weighted by Gasteiger charge is -2.13. The topological polar surface area (TPSA) is 41.1 Å². The van der Waals surface area contributed by atoms with E-state index >= 15 is 0 Å². The van der Waals surface area contributed by atoms with Gasteiger partial charge in [-0.2, -0.15) is 0 Å². The Labute approximate surface area is 131 Å². The number of carbonyl (C=O) groups is 1. The highest BCUT2D eigenvalue weighted by atomic mass is 35.5. The molecule has 1 amide bonds. The first-order valence-electron chi connectivity index (χ1n) is 7.60. The van der Waals surface area contributed by atoms with Crippen LogP contribution < -0.4 is 10.6 Å². The van der Waals surface area contributed by atoms with E-state index in [2.05, 4.69) is 16.7 Å². The van der Waals surface area contributed by atoms with Crippen molar-refractivity contribution in [3.63, 3.8) is 0 Å². The summed E-state index contributed by atoms with van der Waals surface area (Å²) in [5.41, 5.74) is 3.48. The third-order valence-corrected chi connectivity index (χ3v) is 4.02. The lowest BCUT2D eigenvalue weighted by Crippen LogP contribution is -2.31. The normalized spacial score (nSPS) is 14.5. The number of benzene rings is 1. The fraction of sp³-hybridized carbons (Fsp3) is 0.471. The highest BCUT2D eigenvalue weighted by molar-refractivity contribution is 6.30. The molecule has 1 aromatic rings. The Balaban J connectivity index is 1.68. The molecule has 0 heterocycles. The number of hydrogen-bond donors (Lipinski definition) is 2. The molecule has 2 rings (SSSR count). The summed E-state index contributed by atoms with van der Waals surface area (Å²) in [6.45, 7) is 3.00. The molecule has 2 N–H and O–H groups in total. The Hall–Kier alpha value is -1.48. The van der Waals surface area contributed by atoms with Crippen molar-refractivity contribution in [3.8, 4) is 0 Å². The van der Waals surface area contributed by atoms with Crippen LogP contribution in [0.1, 0.15) is 37.7 Å². The van der Waals surface area contributed by atoms with Crippen molar-refractivity contribution >= 4 is 23.2 Å². The molecular weight excluding hydrogens is 284 g/mol. The fourth-order valence-electron chi connectivity index (χ4n) is 2.56. The zero-order chi connectivity index (χ0) is 15.1. The summed E-state index contributed by atoms with van der Waals surface area (Å²) in [6.07, 6.45) is 8.28. The summed E-state index contributed by atoms with van der Waals surface area (Å²) in [5.74, 6) is 0.0285. The van der Waals surface area contributed by atoms with E-state index in [1.165, 1.54) is 31.3 Å². The highest BCUT2D eigenvalue weighted by Gasteiger charge is 2.06. The summed E-state index contributed by atoms with van der Waals surface area (Å²) >= 11 is 5.91. The number of nitrogens with one attached hydrogen (secondary N) is 2. The predicted molar refractivity (Wildman–Crippen MR) is 88.9 cm³/mol. The predicted octanol–water partition coefficient (Wildman–Crippen LogP) is 4.07. The van der Waals surface area contributed by atoms with Gasteiger partial charge in [-0.15, -0.1) is 0 Å². The third-order valence-electron chi connectivity index (χ3n) is 3.78. The standard InChI is InChI=1S/C17H23ClN2O/c1-13-11-15(18)7-8-16(13)20-12-17(21)19-10-9-14-5-3-2-4-6-14/h5,7-8,11,20H,2-4,6,9-10,12H2,1H3,(H,19,21). The Bertz CT molecular complexity index is 526. The van der Waals surface area contributed by atoms with Gasteiger partial charge in [-0.3, -0.25) is 4.79 Å². The molecule has 0 radical (unpaired) electrons. The van der Waals surface area contributed by atoms with Crippen molar-refractivity contribution in [1.82, 2.24) is 5.32 Å². The fourth-order valence-corrected chi connectivity index (χ4v) is 2.78. The molecule has 1 aliphatic carbocycles. The van der Waals surface area contributed by atoms with Gasteiger partial charge in [0.25, 0.3) is 0 Å². The maximum absolute atomic E-state index is 11.8. The zero-order valence-electron chi connectivity index (χ0n) is 12.5. The number of allylic oxidation sites excluding steroid dienone is 1. The summed E-state index contributed by atoms with van der Waals surface area (Å²) in [7, 11) is 0. The molecule has 0 saturated heterocycles. The second-order valence-electron chi connectivity index (χ2n) is 5.52. The van der Waals surface area contributed by atoms with Gasteiger partial charge in [0.2, 0.25) is 5.91 Å².